The average Bonchev–Trinajstić information content (AvgIpc) is 2.86. The van der Waals surface area contributed by atoms with E-state index in [1.807, 2.05) is 42.5 Å². The zero-order chi connectivity index (χ0) is 25.2. The zero-order valence-corrected chi connectivity index (χ0v) is 20.2. The number of amides is 1. The van der Waals surface area contributed by atoms with Crippen molar-refractivity contribution in [3.8, 4) is 5.75 Å². The summed E-state index contributed by atoms with van der Waals surface area (Å²) in [6, 6.07) is 18.8. The largest absolute Gasteiger partial charge is 0.497 e. The van der Waals surface area contributed by atoms with E-state index >= 15 is 0 Å². The van der Waals surface area contributed by atoms with Crippen LogP contribution in [0.4, 0.5) is 18.9 Å². The van der Waals surface area contributed by atoms with Gasteiger partial charge in [0.2, 0.25) is 5.91 Å². The van der Waals surface area contributed by atoms with E-state index in [0.29, 0.717) is 23.7 Å². The minimum atomic E-state index is -4.40. The van der Waals surface area contributed by atoms with Crippen LogP contribution in [0.1, 0.15) is 66.3 Å². The van der Waals surface area contributed by atoms with Crippen LogP contribution in [-0.2, 0) is 23.9 Å². The van der Waals surface area contributed by atoms with Crippen LogP contribution in [0, 0.1) is 0 Å². The lowest BCUT2D eigenvalue weighted by atomic mass is 9.81. The number of fused-ring (bicyclic) bond motifs is 1. The number of hydrogen-bond donors (Lipinski definition) is 0. The number of hydrogen-bond acceptors (Lipinski definition) is 2. The van der Waals surface area contributed by atoms with Crippen LogP contribution < -0.4 is 9.64 Å². The highest BCUT2D eigenvalue weighted by molar-refractivity contribution is 5.98. The molecule has 1 atom stereocenters. The fraction of sp³-hybridized carbons (Fsp3) is 0.345. The Morgan fingerprint density at radius 3 is 2.31 bits per heavy atom. The summed E-state index contributed by atoms with van der Waals surface area (Å²) in [7, 11) is 1.61. The average molecular weight is 482 g/mol. The van der Waals surface area contributed by atoms with E-state index < -0.39 is 11.7 Å². The highest BCUT2D eigenvalue weighted by atomic mass is 19.4. The fourth-order valence-corrected chi connectivity index (χ4v) is 4.67. The van der Waals surface area contributed by atoms with Gasteiger partial charge in [-0.2, -0.15) is 13.2 Å². The van der Waals surface area contributed by atoms with Crippen molar-refractivity contribution in [2.24, 2.45) is 0 Å². The molecule has 0 spiro atoms. The van der Waals surface area contributed by atoms with Gasteiger partial charge in [0.05, 0.1) is 25.1 Å². The van der Waals surface area contributed by atoms with Crippen LogP contribution in [0.25, 0.3) is 0 Å². The minimum Gasteiger partial charge on any atom is -0.497 e. The molecule has 4 rings (SSSR count). The Morgan fingerprint density at radius 2 is 1.71 bits per heavy atom. The first-order chi connectivity index (χ1) is 16.7. The van der Waals surface area contributed by atoms with Crippen LogP contribution in [-0.4, -0.2) is 13.0 Å². The van der Waals surface area contributed by atoms with Gasteiger partial charge in [-0.3, -0.25) is 4.79 Å². The molecule has 3 nitrogen and oxygen atoms in total. The summed E-state index contributed by atoms with van der Waals surface area (Å²) in [6.45, 7) is 4.40. The zero-order valence-electron chi connectivity index (χ0n) is 20.2. The number of carbonyl (C=O) groups is 1. The van der Waals surface area contributed by atoms with E-state index in [-0.39, 0.29) is 18.4 Å². The number of ether oxygens (including phenoxy) is 1. The second-order valence-electron chi connectivity index (χ2n) is 9.37. The summed E-state index contributed by atoms with van der Waals surface area (Å²) >= 11 is 0. The maximum atomic E-state index is 14.0. The molecule has 0 fully saturated rings. The standard InChI is InChI=1S/C29H30F3NO2/c1-19(2)21-9-14-24(15-10-21)33(18-20-7-12-23(13-8-20)29(30,31)32)28(34)26-6-4-5-22-11-16-25(35-3)17-27(22)26/h7-17,19,26H,4-6,18H2,1-3H3. The number of aryl methyl sites for hydroxylation is 1. The third-order valence-corrected chi connectivity index (χ3v) is 6.72. The second kappa shape index (κ2) is 10.1. The molecule has 1 amide bonds. The second-order valence-corrected chi connectivity index (χ2v) is 9.37. The first-order valence-corrected chi connectivity index (χ1v) is 11.9. The minimum absolute atomic E-state index is 0.0589. The Morgan fingerprint density at radius 1 is 1.03 bits per heavy atom. The first-order valence-electron chi connectivity index (χ1n) is 11.9. The van der Waals surface area contributed by atoms with Crippen molar-refractivity contribution >= 4 is 11.6 Å². The number of benzene rings is 3. The van der Waals surface area contributed by atoms with Gasteiger partial charge in [-0.15, -0.1) is 0 Å². The molecule has 3 aromatic carbocycles. The van der Waals surface area contributed by atoms with Crippen molar-refractivity contribution in [3.63, 3.8) is 0 Å². The lowest BCUT2D eigenvalue weighted by molar-refractivity contribution is -0.137. The molecule has 1 aliphatic carbocycles. The van der Waals surface area contributed by atoms with E-state index in [2.05, 4.69) is 13.8 Å². The molecule has 0 radical (unpaired) electrons. The van der Waals surface area contributed by atoms with E-state index in [1.165, 1.54) is 12.1 Å². The van der Waals surface area contributed by atoms with Crippen molar-refractivity contribution in [1.82, 2.24) is 0 Å². The van der Waals surface area contributed by atoms with Gasteiger partial charge in [0.15, 0.2) is 0 Å². The quantitative estimate of drug-likeness (QED) is 0.365. The maximum Gasteiger partial charge on any atom is 0.416 e. The van der Waals surface area contributed by atoms with Crippen molar-refractivity contribution in [2.75, 3.05) is 12.0 Å². The molecule has 0 saturated carbocycles. The van der Waals surface area contributed by atoms with Gasteiger partial charge in [-0.1, -0.05) is 44.2 Å². The number of carbonyl (C=O) groups excluding carboxylic acids is 1. The van der Waals surface area contributed by atoms with E-state index in [9.17, 15) is 18.0 Å². The fourth-order valence-electron chi connectivity index (χ4n) is 4.67. The highest BCUT2D eigenvalue weighted by Gasteiger charge is 2.32. The van der Waals surface area contributed by atoms with Gasteiger partial charge in [-0.25, -0.2) is 0 Å². The molecule has 0 aromatic heterocycles. The van der Waals surface area contributed by atoms with Gasteiger partial charge in [-0.05, 0) is 83.8 Å². The molecule has 3 aromatic rings. The van der Waals surface area contributed by atoms with Crippen LogP contribution in [0.3, 0.4) is 0 Å². The molecule has 1 aliphatic rings. The monoisotopic (exact) mass is 481 g/mol. The number of nitrogens with zero attached hydrogens (tertiary/aromatic N) is 1. The molecule has 0 N–H and O–H groups in total. The molecule has 0 bridgehead atoms. The van der Waals surface area contributed by atoms with Crippen molar-refractivity contribution in [2.45, 2.75) is 57.7 Å². The van der Waals surface area contributed by atoms with Crippen LogP contribution >= 0.6 is 0 Å². The van der Waals surface area contributed by atoms with Crippen molar-refractivity contribution in [1.29, 1.82) is 0 Å². The topological polar surface area (TPSA) is 29.5 Å². The predicted octanol–water partition coefficient (Wildman–Crippen LogP) is 7.49. The normalized spacial score (nSPS) is 15.6. The number of methoxy groups -OCH3 is 1. The van der Waals surface area contributed by atoms with Gasteiger partial charge in [0, 0.05) is 5.69 Å². The van der Waals surface area contributed by atoms with Gasteiger partial charge in [0.25, 0.3) is 0 Å². The molecule has 0 aliphatic heterocycles. The summed E-state index contributed by atoms with van der Waals surface area (Å²) in [5, 5.41) is 0. The third-order valence-electron chi connectivity index (χ3n) is 6.72. The van der Waals surface area contributed by atoms with E-state index in [1.54, 1.807) is 12.0 Å². The Labute approximate surface area is 204 Å². The summed E-state index contributed by atoms with van der Waals surface area (Å²) in [4.78, 5) is 15.7. The van der Waals surface area contributed by atoms with Gasteiger partial charge >= 0.3 is 6.18 Å². The molecular formula is C29H30F3NO2. The third kappa shape index (κ3) is 5.53. The maximum absolute atomic E-state index is 14.0. The molecule has 0 heterocycles. The van der Waals surface area contributed by atoms with Gasteiger partial charge < -0.3 is 9.64 Å². The molecule has 1 unspecified atom stereocenters. The first kappa shape index (κ1) is 24.8. The molecule has 35 heavy (non-hydrogen) atoms. The van der Waals surface area contributed by atoms with Crippen molar-refractivity contribution in [3.05, 3.63) is 94.5 Å². The Bertz CT molecular complexity index is 1170. The summed E-state index contributed by atoms with van der Waals surface area (Å²) in [6.07, 6.45) is -1.88. The predicted molar refractivity (Wildman–Crippen MR) is 132 cm³/mol. The number of rotatable bonds is 6. The Hall–Kier alpha value is -3.28. The smallest absolute Gasteiger partial charge is 0.416 e. The molecule has 0 saturated heterocycles. The van der Waals surface area contributed by atoms with E-state index in [0.717, 1.165) is 47.4 Å². The molecular weight excluding hydrogens is 451 g/mol. The Kier molecular flexibility index (Phi) is 7.20. The molecule has 184 valence electrons. The Balaban J connectivity index is 1.70. The summed E-state index contributed by atoms with van der Waals surface area (Å²) < 4.78 is 44.6. The van der Waals surface area contributed by atoms with Gasteiger partial charge in [0.1, 0.15) is 5.75 Å². The molecule has 6 heteroatoms. The lowest BCUT2D eigenvalue weighted by Crippen LogP contribution is -2.36. The number of halogens is 3. The number of alkyl halides is 3. The summed E-state index contributed by atoms with van der Waals surface area (Å²) in [5.41, 5.74) is 3.93. The SMILES string of the molecule is COc1ccc2c(c1)C(C(=O)N(Cc1ccc(C(F)(F)F)cc1)c1ccc(C(C)C)cc1)CCC2. The van der Waals surface area contributed by atoms with Crippen LogP contribution in [0.15, 0.2) is 66.7 Å². The van der Waals surface area contributed by atoms with Crippen LogP contribution in [0.5, 0.6) is 5.75 Å². The van der Waals surface area contributed by atoms with Crippen molar-refractivity contribution < 1.29 is 22.7 Å². The van der Waals surface area contributed by atoms with E-state index in [4.69, 9.17) is 4.74 Å². The van der Waals surface area contributed by atoms with Crippen LogP contribution in [0.2, 0.25) is 0 Å². The lowest BCUT2D eigenvalue weighted by Gasteiger charge is -2.31. The summed E-state index contributed by atoms with van der Waals surface area (Å²) in [5.74, 6) is 0.657. The number of anilines is 1. The highest BCUT2D eigenvalue weighted by Crippen LogP contribution is 2.37.